The first kappa shape index (κ1) is 17.5. The Kier molecular flexibility index (Phi) is 4.52. The molecule has 4 rings (SSSR count). The van der Waals surface area contributed by atoms with Crippen LogP contribution in [0.15, 0.2) is 60.7 Å². The predicted octanol–water partition coefficient (Wildman–Crippen LogP) is 3.19. The van der Waals surface area contributed by atoms with Gasteiger partial charge in [-0.3, -0.25) is 19.4 Å². The Morgan fingerprint density at radius 1 is 0.778 bits per heavy atom. The lowest BCUT2D eigenvalue weighted by Crippen LogP contribution is -2.60. The van der Waals surface area contributed by atoms with Gasteiger partial charge in [0.15, 0.2) is 0 Å². The van der Waals surface area contributed by atoms with Crippen LogP contribution in [0.5, 0.6) is 0 Å². The monoisotopic (exact) mass is 362 g/mol. The van der Waals surface area contributed by atoms with E-state index in [1.807, 2.05) is 60.7 Å². The molecule has 1 heterocycles. The zero-order valence-corrected chi connectivity index (χ0v) is 15.1. The van der Waals surface area contributed by atoms with Crippen LogP contribution < -0.4 is 0 Å². The number of imide groups is 2. The van der Waals surface area contributed by atoms with Crippen molar-refractivity contribution in [3.63, 3.8) is 0 Å². The van der Waals surface area contributed by atoms with E-state index in [1.54, 1.807) is 0 Å². The molecule has 2 aromatic rings. The molecule has 0 N–H and O–H groups in total. The Morgan fingerprint density at radius 2 is 1.37 bits per heavy atom. The SMILES string of the molecule is O=C1CC(=O)N(C2(Cc3ccccc3)CC2)C(=O)N1CCc1ccccc1. The number of carbonyl (C=O) groups is 3. The molecule has 1 aliphatic heterocycles. The smallest absolute Gasteiger partial charge is 0.274 e. The maximum Gasteiger partial charge on any atom is 0.333 e. The summed E-state index contributed by atoms with van der Waals surface area (Å²) in [5.41, 5.74) is 1.69. The van der Waals surface area contributed by atoms with Crippen LogP contribution in [-0.4, -0.2) is 39.7 Å². The molecule has 2 aliphatic rings. The van der Waals surface area contributed by atoms with E-state index < -0.39 is 17.5 Å². The van der Waals surface area contributed by atoms with Crippen molar-refractivity contribution < 1.29 is 14.4 Å². The number of hydrogen-bond donors (Lipinski definition) is 0. The second-order valence-electron chi connectivity index (χ2n) is 7.36. The normalized spacial score (nSPS) is 18.7. The fourth-order valence-electron chi connectivity index (χ4n) is 3.81. The molecule has 0 aromatic heterocycles. The molecule has 1 saturated heterocycles. The third-order valence-corrected chi connectivity index (χ3v) is 5.42. The van der Waals surface area contributed by atoms with E-state index in [2.05, 4.69) is 0 Å². The highest BCUT2D eigenvalue weighted by atomic mass is 16.2. The molecule has 1 saturated carbocycles. The highest BCUT2D eigenvalue weighted by molar-refractivity contribution is 6.14. The van der Waals surface area contributed by atoms with Gasteiger partial charge in [0.1, 0.15) is 6.42 Å². The van der Waals surface area contributed by atoms with Crippen molar-refractivity contribution in [2.75, 3.05) is 6.54 Å². The third-order valence-electron chi connectivity index (χ3n) is 5.42. The van der Waals surface area contributed by atoms with Gasteiger partial charge < -0.3 is 0 Å². The third kappa shape index (κ3) is 3.50. The van der Waals surface area contributed by atoms with Crippen LogP contribution in [0.25, 0.3) is 0 Å². The lowest BCUT2D eigenvalue weighted by Gasteiger charge is -2.38. The molecule has 0 radical (unpaired) electrons. The van der Waals surface area contributed by atoms with Gasteiger partial charge in [0.2, 0.25) is 11.8 Å². The van der Waals surface area contributed by atoms with E-state index in [0.717, 1.165) is 24.0 Å². The Morgan fingerprint density at radius 3 is 1.96 bits per heavy atom. The summed E-state index contributed by atoms with van der Waals surface area (Å²) in [7, 11) is 0. The molecule has 2 fully saturated rings. The first-order chi connectivity index (χ1) is 13.1. The fourth-order valence-corrected chi connectivity index (χ4v) is 3.81. The highest BCUT2D eigenvalue weighted by Gasteiger charge is 2.56. The van der Waals surface area contributed by atoms with Crippen LogP contribution in [0.1, 0.15) is 30.4 Å². The van der Waals surface area contributed by atoms with Crippen LogP contribution in [0.4, 0.5) is 4.79 Å². The number of benzene rings is 2. The zero-order valence-electron chi connectivity index (χ0n) is 15.1. The Hall–Kier alpha value is -2.95. The van der Waals surface area contributed by atoms with E-state index in [0.29, 0.717) is 19.4 Å². The molecule has 1 aliphatic carbocycles. The molecule has 0 atom stereocenters. The van der Waals surface area contributed by atoms with Crippen molar-refractivity contribution in [1.82, 2.24) is 9.80 Å². The number of barbiturate groups is 1. The van der Waals surface area contributed by atoms with E-state index in [1.165, 1.54) is 9.80 Å². The average molecular weight is 362 g/mol. The topological polar surface area (TPSA) is 57.7 Å². The molecule has 4 amide bonds. The molecule has 0 bridgehead atoms. The largest absolute Gasteiger partial charge is 0.333 e. The van der Waals surface area contributed by atoms with Gasteiger partial charge in [0.25, 0.3) is 0 Å². The van der Waals surface area contributed by atoms with Gasteiger partial charge in [-0.2, -0.15) is 0 Å². The second kappa shape index (κ2) is 6.99. The van der Waals surface area contributed by atoms with Crippen molar-refractivity contribution >= 4 is 17.8 Å². The summed E-state index contributed by atoms with van der Waals surface area (Å²) in [6.07, 6.45) is 2.59. The molecule has 0 unspecified atom stereocenters. The average Bonchev–Trinajstić information content (AvgIpc) is 3.42. The van der Waals surface area contributed by atoms with Crippen molar-refractivity contribution in [3.8, 4) is 0 Å². The van der Waals surface area contributed by atoms with E-state index in [-0.39, 0.29) is 12.3 Å². The maximum absolute atomic E-state index is 13.1. The molecule has 5 heteroatoms. The molecule has 2 aromatic carbocycles. The summed E-state index contributed by atoms with van der Waals surface area (Å²) < 4.78 is 0. The van der Waals surface area contributed by atoms with E-state index in [4.69, 9.17) is 0 Å². The summed E-state index contributed by atoms with van der Waals surface area (Å²) in [6, 6.07) is 19.2. The first-order valence-corrected chi connectivity index (χ1v) is 9.34. The molecular formula is C22H22N2O3. The van der Waals surface area contributed by atoms with Gasteiger partial charge in [-0.15, -0.1) is 0 Å². The summed E-state index contributed by atoms with van der Waals surface area (Å²) in [4.78, 5) is 40.6. The lowest BCUT2D eigenvalue weighted by atomic mass is 10.0. The minimum Gasteiger partial charge on any atom is -0.274 e. The minimum atomic E-state index is -0.471. The molecule has 0 spiro atoms. The van der Waals surface area contributed by atoms with E-state index in [9.17, 15) is 14.4 Å². The summed E-state index contributed by atoms with van der Waals surface area (Å²) >= 11 is 0. The number of carbonyl (C=O) groups excluding carboxylic acids is 3. The molecule has 138 valence electrons. The van der Waals surface area contributed by atoms with Gasteiger partial charge in [0, 0.05) is 6.54 Å². The van der Waals surface area contributed by atoms with Crippen LogP contribution in [0.2, 0.25) is 0 Å². The summed E-state index contributed by atoms with van der Waals surface area (Å²) in [5.74, 6) is -0.762. The lowest BCUT2D eigenvalue weighted by molar-refractivity contribution is -0.144. The zero-order chi connectivity index (χ0) is 18.9. The van der Waals surface area contributed by atoms with Crippen molar-refractivity contribution in [2.24, 2.45) is 0 Å². The summed E-state index contributed by atoms with van der Waals surface area (Å²) in [5, 5.41) is 0. The first-order valence-electron chi connectivity index (χ1n) is 9.34. The maximum atomic E-state index is 13.1. The number of nitrogens with zero attached hydrogens (tertiary/aromatic N) is 2. The Bertz CT molecular complexity index is 860. The predicted molar refractivity (Wildman–Crippen MR) is 101 cm³/mol. The minimum absolute atomic E-state index is 0.225. The van der Waals surface area contributed by atoms with Crippen LogP contribution in [-0.2, 0) is 22.4 Å². The summed E-state index contributed by atoms with van der Waals surface area (Å²) in [6.45, 7) is 0.298. The second-order valence-corrected chi connectivity index (χ2v) is 7.36. The van der Waals surface area contributed by atoms with Gasteiger partial charge in [-0.25, -0.2) is 4.79 Å². The Balaban J connectivity index is 1.51. The van der Waals surface area contributed by atoms with E-state index >= 15 is 0 Å². The van der Waals surface area contributed by atoms with Crippen LogP contribution >= 0.6 is 0 Å². The number of urea groups is 1. The van der Waals surface area contributed by atoms with Crippen LogP contribution in [0, 0.1) is 0 Å². The van der Waals surface area contributed by atoms with Crippen molar-refractivity contribution in [3.05, 3.63) is 71.8 Å². The standard InChI is InChI=1S/C22H22N2O3/c25-19-15-20(26)24(22(12-13-22)16-18-9-5-2-6-10-18)21(27)23(19)14-11-17-7-3-1-4-8-17/h1-10H,11-16H2. The van der Waals surface area contributed by atoms with Crippen molar-refractivity contribution in [2.45, 2.75) is 37.6 Å². The van der Waals surface area contributed by atoms with Crippen molar-refractivity contribution in [1.29, 1.82) is 0 Å². The highest BCUT2D eigenvalue weighted by Crippen LogP contribution is 2.46. The molecule has 5 nitrogen and oxygen atoms in total. The van der Waals surface area contributed by atoms with Gasteiger partial charge in [-0.1, -0.05) is 60.7 Å². The number of hydrogen-bond acceptors (Lipinski definition) is 3. The quantitative estimate of drug-likeness (QED) is 0.742. The fraction of sp³-hybridized carbons (Fsp3) is 0.318. The van der Waals surface area contributed by atoms with Gasteiger partial charge in [0.05, 0.1) is 5.54 Å². The number of amides is 4. The number of rotatable bonds is 6. The van der Waals surface area contributed by atoms with Gasteiger partial charge in [-0.05, 0) is 36.8 Å². The molecular weight excluding hydrogens is 340 g/mol. The van der Waals surface area contributed by atoms with Crippen LogP contribution in [0.3, 0.4) is 0 Å². The molecule has 27 heavy (non-hydrogen) atoms. The van der Waals surface area contributed by atoms with Gasteiger partial charge >= 0.3 is 6.03 Å². The Labute approximate surface area is 158 Å².